The quantitative estimate of drug-likeness (QED) is 0.0639. The third kappa shape index (κ3) is 11.4. The van der Waals surface area contributed by atoms with Gasteiger partial charge < -0.3 is 79.1 Å². The molecule has 46 heavy (non-hydrogen) atoms. The van der Waals surface area contributed by atoms with Crippen molar-refractivity contribution in [1.82, 2.24) is 4.90 Å². The lowest BCUT2D eigenvalue weighted by atomic mass is 9.96. The van der Waals surface area contributed by atoms with E-state index in [0.717, 1.165) is 18.8 Å². The highest BCUT2D eigenvalue weighted by molar-refractivity contribution is 4.96. The van der Waals surface area contributed by atoms with Gasteiger partial charge in [0.2, 0.25) is 0 Å². The van der Waals surface area contributed by atoms with E-state index < -0.39 is 105 Å². The van der Waals surface area contributed by atoms with E-state index in [1.807, 2.05) is 6.92 Å². The summed E-state index contributed by atoms with van der Waals surface area (Å²) in [5.74, 6) is 0.833. The first kappa shape index (κ1) is 41.5. The number of unbranched alkanes of at least 4 members (excludes halogenated alkanes) is 1. The summed E-state index contributed by atoms with van der Waals surface area (Å²) in [4.78, 5) is 1.63. The van der Waals surface area contributed by atoms with Gasteiger partial charge in [-0.15, -0.1) is 0 Å². The molecule has 17 nitrogen and oxygen atoms in total. The molecule has 17 heteroatoms. The lowest BCUT2D eigenvalue weighted by molar-refractivity contribution is -0.382. The Kier molecular flexibility index (Phi) is 18.1. The largest absolute Gasteiger partial charge is 0.394 e. The van der Waals surface area contributed by atoms with Crippen molar-refractivity contribution in [1.29, 1.82) is 0 Å². The summed E-state index contributed by atoms with van der Waals surface area (Å²) in [6, 6.07) is 0. The topological polar surface area (TPSA) is 250 Å². The monoisotopic (exact) mass is 675 g/mol. The Morgan fingerprint density at radius 1 is 0.630 bits per heavy atom. The maximum atomic E-state index is 11.1. The van der Waals surface area contributed by atoms with Crippen molar-refractivity contribution in [2.75, 3.05) is 47.3 Å². The molecule has 3 saturated heterocycles. The van der Waals surface area contributed by atoms with Crippen LogP contribution in [0, 0.1) is 5.92 Å². The van der Waals surface area contributed by atoms with Crippen molar-refractivity contribution in [3.05, 3.63) is 0 Å². The number of rotatable bonds is 14. The van der Waals surface area contributed by atoms with Gasteiger partial charge >= 0.3 is 0 Å². The molecule has 3 rings (SSSR count). The SMILES string of the molecule is CC(C)C.CCCCOCC1OC(OC2C(O)C(CO)OC(OC3C(O)C(CO)OC(OCN(C)C)C3O)C2O)C(O)C(O)C1O. The molecule has 0 aromatic heterocycles. The van der Waals surface area contributed by atoms with Gasteiger partial charge in [0.05, 0.1) is 19.8 Å². The van der Waals surface area contributed by atoms with Crippen LogP contribution in [0.5, 0.6) is 0 Å². The van der Waals surface area contributed by atoms with Crippen LogP contribution in [0.1, 0.15) is 40.5 Å². The van der Waals surface area contributed by atoms with Crippen molar-refractivity contribution in [2.24, 2.45) is 5.92 Å². The van der Waals surface area contributed by atoms with Crippen LogP contribution in [0.25, 0.3) is 0 Å². The van der Waals surface area contributed by atoms with E-state index in [1.165, 1.54) is 0 Å². The smallest absolute Gasteiger partial charge is 0.188 e. The molecular formula is C29H57NO16. The first-order valence-electron chi connectivity index (χ1n) is 15.8. The third-order valence-electron chi connectivity index (χ3n) is 7.32. The second kappa shape index (κ2) is 20.1. The van der Waals surface area contributed by atoms with Crippen molar-refractivity contribution < 1.29 is 79.1 Å². The molecule has 15 unspecified atom stereocenters. The minimum absolute atomic E-state index is 0.00877. The summed E-state index contributed by atoms with van der Waals surface area (Å²) < 4.78 is 38.9. The Hall–Kier alpha value is -0.680. The van der Waals surface area contributed by atoms with Crippen LogP contribution in [0.15, 0.2) is 0 Å². The molecule has 0 aromatic rings. The molecule has 274 valence electrons. The Bertz CT molecular complexity index is 825. The fourth-order valence-corrected chi connectivity index (χ4v) is 4.82. The molecule has 0 saturated carbocycles. The highest BCUT2D eigenvalue weighted by atomic mass is 16.8. The maximum Gasteiger partial charge on any atom is 0.188 e. The minimum Gasteiger partial charge on any atom is -0.394 e. The summed E-state index contributed by atoms with van der Waals surface area (Å²) in [7, 11) is 3.39. The molecule has 9 N–H and O–H groups in total. The van der Waals surface area contributed by atoms with Crippen LogP contribution in [-0.2, 0) is 33.2 Å². The van der Waals surface area contributed by atoms with Gasteiger partial charge in [-0.05, 0) is 26.4 Å². The number of aliphatic hydroxyl groups excluding tert-OH is 9. The standard InChI is InChI=1S/C25H47NO16.C4H10/c1-4-5-6-36-9-13-14(29)17(32)18(33)24(40-13)41-22-16(31)12(8-28)39-25(20(22)35)42-21-15(30)11(7-27)38-23(19(21)34)37-10-26(2)3;1-4(2)3/h11-25,27-35H,4-10H2,1-3H3;4H,1-3H3. The van der Waals surface area contributed by atoms with E-state index in [-0.39, 0.29) is 13.3 Å². The Morgan fingerprint density at radius 2 is 1.09 bits per heavy atom. The van der Waals surface area contributed by atoms with Crippen LogP contribution in [0.2, 0.25) is 0 Å². The number of aliphatic hydroxyl groups is 9. The molecule has 3 aliphatic rings. The molecule has 0 radical (unpaired) electrons. The van der Waals surface area contributed by atoms with Gasteiger partial charge in [0.15, 0.2) is 18.9 Å². The maximum absolute atomic E-state index is 11.1. The van der Waals surface area contributed by atoms with Crippen molar-refractivity contribution in [3.8, 4) is 0 Å². The first-order chi connectivity index (χ1) is 21.7. The predicted octanol–water partition coefficient (Wildman–Crippen LogP) is -3.54. The average molecular weight is 676 g/mol. The molecule has 3 fully saturated rings. The Morgan fingerprint density at radius 3 is 1.57 bits per heavy atom. The van der Waals surface area contributed by atoms with Gasteiger partial charge in [-0.1, -0.05) is 34.1 Å². The molecule has 3 heterocycles. The predicted molar refractivity (Wildman–Crippen MR) is 158 cm³/mol. The van der Waals surface area contributed by atoms with Crippen molar-refractivity contribution in [2.45, 2.75) is 133 Å². The van der Waals surface area contributed by atoms with E-state index in [0.29, 0.717) is 6.61 Å². The number of nitrogens with zero attached hydrogens (tertiary/aromatic N) is 1. The molecule has 0 bridgehead atoms. The van der Waals surface area contributed by atoms with Crippen molar-refractivity contribution in [3.63, 3.8) is 0 Å². The molecular weight excluding hydrogens is 618 g/mol. The summed E-state index contributed by atoms with van der Waals surface area (Å²) in [6.07, 6.45) is -22.0. The van der Waals surface area contributed by atoms with Crippen LogP contribution in [-0.4, -0.2) is 190 Å². The van der Waals surface area contributed by atoms with Crippen LogP contribution < -0.4 is 0 Å². The highest BCUT2D eigenvalue weighted by Crippen LogP contribution is 2.32. The van der Waals surface area contributed by atoms with E-state index >= 15 is 0 Å². The van der Waals surface area contributed by atoms with Gasteiger partial charge in [-0.2, -0.15) is 0 Å². The van der Waals surface area contributed by atoms with Gasteiger partial charge in [0, 0.05) is 6.61 Å². The number of hydrogen-bond donors (Lipinski definition) is 9. The summed E-state index contributed by atoms with van der Waals surface area (Å²) in [6.45, 7) is 7.26. The van der Waals surface area contributed by atoms with E-state index in [1.54, 1.807) is 19.0 Å². The Balaban J connectivity index is 0.00000173. The number of hydrogen-bond acceptors (Lipinski definition) is 17. The Labute approximate surface area is 270 Å². The zero-order valence-corrected chi connectivity index (χ0v) is 27.5. The number of ether oxygens (including phenoxy) is 7. The second-order valence-electron chi connectivity index (χ2n) is 12.7. The van der Waals surface area contributed by atoms with Gasteiger partial charge in [0.1, 0.15) is 80.0 Å². The van der Waals surface area contributed by atoms with Gasteiger partial charge in [0.25, 0.3) is 0 Å². The summed E-state index contributed by atoms with van der Waals surface area (Å²) in [5.41, 5.74) is 0. The van der Waals surface area contributed by atoms with Gasteiger partial charge in [-0.3, -0.25) is 4.90 Å². The van der Waals surface area contributed by atoms with E-state index in [4.69, 9.17) is 33.2 Å². The zero-order chi connectivity index (χ0) is 34.7. The van der Waals surface area contributed by atoms with Crippen LogP contribution in [0.4, 0.5) is 0 Å². The average Bonchev–Trinajstić information content (AvgIpc) is 3.00. The lowest BCUT2D eigenvalue weighted by Gasteiger charge is -2.48. The minimum atomic E-state index is -1.86. The molecule has 0 amide bonds. The van der Waals surface area contributed by atoms with E-state index in [9.17, 15) is 46.0 Å². The fraction of sp³-hybridized carbons (Fsp3) is 1.00. The lowest BCUT2D eigenvalue weighted by Crippen LogP contribution is -2.67. The molecule has 15 atom stereocenters. The summed E-state index contributed by atoms with van der Waals surface area (Å²) >= 11 is 0. The summed E-state index contributed by atoms with van der Waals surface area (Å²) in [5, 5.41) is 94.3. The van der Waals surface area contributed by atoms with Crippen molar-refractivity contribution >= 4 is 0 Å². The molecule has 3 aliphatic heterocycles. The molecule has 0 spiro atoms. The fourth-order valence-electron chi connectivity index (χ4n) is 4.82. The first-order valence-corrected chi connectivity index (χ1v) is 15.8. The van der Waals surface area contributed by atoms with Crippen LogP contribution >= 0.6 is 0 Å². The second-order valence-corrected chi connectivity index (χ2v) is 12.7. The highest BCUT2D eigenvalue weighted by Gasteiger charge is 2.54. The zero-order valence-electron chi connectivity index (χ0n) is 27.5. The normalized spacial score (nSPS) is 41.8. The molecule has 0 aliphatic carbocycles. The molecule has 0 aromatic carbocycles. The van der Waals surface area contributed by atoms with Gasteiger partial charge in [-0.25, -0.2) is 0 Å². The van der Waals surface area contributed by atoms with Crippen LogP contribution in [0.3, 0.4) is 0 Å². The van der Waals surface area contributed by atoms with E-state index in [2.05, 4.69) is 20.8 Å². The third-order valence-corrected chi connectivity index (χ3v) is 7.32.